The number of rotatable bonds is 1. The third-order valence-corrected chi connectivity index (χ3v) is 4.42. The van der Waals surface area contributed by atoms with Crippen molar-refractivity contribution in [1.82, 2.24) is 0 Å². The lowest BCUT2D eigenvalue weighted by atomic mass is 9.86. The van der Waals surface area contributed by atoms with Crippen molar-refractivity contribution >= 4 is 5.78 Å². The van der Waals surface area contributed by atoms with E-state index in [4.69, 9.17) is 0 Å². The van der Waals surface area contributed by atoms with Gasteiger partial charge in [0.15, 0.2) is 0 Å². The van der Waals surface area contributed by atoms with E-state index in [9.17, 15) is 4.79 Å². The number of carbonyl (C=O) groups is 1. The molecule has 0 spiro atoms. The molecule has 2 aromatic rings. The Balaban J connectivity index is 2.00. The third kappa shape index (κ3) is 1.14. The van der Waals surface area contributed by atoms with Gasteiger partial charge in [-0.15, -0.1) is 0 Å². The van der Waals surface area contributed by atoms with Crippen LogP contribution in [0.4, 0.5) is 0 Å². The molecule has 1 unspecified atom stereocenters. The number of benzene rings is 2. The van der Waals surface area contributed by atoms with Crippen molar-refractivity contribution in [2.24, 2.45) is 5.92 Å². The molecule has 0 aromatic heterocycles. The second-order valence-corrected chi connectivity index (χ2v) is 5.36. The summed E-state index contributed by atoms with van der Waals surface area (Å²) < 4.78 is 0. The maximum Gasteiger partial charge on any atom is 0.134 e. The highest BCUT2D eigenvalue weighted by atomic mass is 16.1. The number of carbonyl (C=O) groups excluding carboxylic acids is 1. The number of fused-ring (bicyclic) bond motifs is 6. The molecule has 0 saturated heterocycles. The SMILES string of the molecule is CC(=O)C1[C@H]2c3ccccc3-c3ccccc3[C@@H]12. The van der Waals surface area contributed by atoms with E-state index in [-0.39, 0.29) is 5.92 Å². The van der Waals surface area contributed by atoms with Crippen molar-refractivity contribution < 1.29 is 4.79 Å². The zero-order valence-electron chi connectivity index (χ0n) is 10.3. The van der Waals surface area contributed by atoms with Gasteiger partial charge in [-0.05, 0) is 29.2 Å². The largest absolute Gasteiger partial charge is 0.300 e. The fourth-order valence-corrected chi connectivity index (χ4v) is 3.66. The average Bonchev–Trinajstić information content (AvgIpc) is 3.15. The molecule has 88 valence electrons. The Bertz CT molecular complexity index is 605. The molecule has 0 amide bonds. The first-order valence-corrected chi connectivity index (χ1v) is 6.47. The highest BCUT2D eigenvalue weighted by Gasteiger charge is 2.57. The van der Waals surface area contributed by atoms with E-state index in [2.05, 4.69) is 48.5 Å². The predicted molar refractivity (Wildman–Crippen MR) is 71.5 cm³/mol. The molecule has 0 radical (unpaired) electrons. The molecule has 1 heteroatoms. The number of ketones is 1. The van der Waals surface area contributed by atoms with E-state index in [0.29, 0.717) is 17.6 Å². The Hall–Kier alpha value is -1.89. The molecule has 1 fully saturated rings. The van der Waals surface area contributed by atoms with Gasteiger partial charge in [-0.1, -0.05) is 48.5 Å². The molecule has 0 heterocycles. The van der Waals surface area contributed by atoms with E-state index < -0.39 is 0 Å². The molecule has 2 aliphatic carbocycles. The predicted octanol–water partition coefficient (Wildman–Crippen LogP) is 3.75. The Morgan fingerprint density at radius 1 is 0.833 bits per heavy atom. The summed E-state index contributed by atoms with van der Waals surface area (Å²) in [5.41, 5.74) is 5.36. The lowest BCUT2D eigenvalue weighted by molar-refractivity contribution is -0.118. The standard InChI is InChI=1S/C17H14O/c1-10(18)15-16-13-8-4-2-6-11(13)12-7-3-5-9-14(12)17(15)16/h2-9,15-17H,1H3/t15?,16-,17+. The zero-order chi connectivity index (χ0) is 12.3. The lowest BCUT2D eigenvalue weighted by Gasteiger charge is -2.18. The van der Waals surface area contributed by atoms with Crippen LogP contribution in [0, 0.1) is 5.92 Å². The van der Waals surface area contributed by atoms with Gasteiger partial charge in [0.25, 0.3) is 0 Å². The maximum absolute atomic E-state index is 11.8. The minimum atomic E-state index is 0.204. The van der Waals surface area contributed by atoms with Crippen LogP contribution in [0.5, 0.6) is 0 Å². The lowest BCUT2D eigenvalue weighted by Crippen LogP contribution is -1.98. The normalized spacial score (nSPS) is 26.8. The van der Waals surface area contributed by atoms with Crippen LogP contribution >= 0.6 is 0 Å². The van der Waals surface area contributed by atoms with E-state index in [0.717, 1.165) is 0 Å². The van der Waals surface area contributed by atoms with Gasteiger partial charge in [0.2, 0.25) is 0 Å². The smallest absolute Gasteiger partial charge is 0.134 e. The first kappa shape index (κ1) is 10.1. The molecule has 3 atom stereocenters. The Morgan fingerprint density at radius 3 is 1.72 bits per heavy atom. The highest BCUT2D eigenvalue weighted by Crippen LogP contribution is 2.66. The van der Waals surface area contributed by atoms with Gasteiger partial charge in [-0.3, -0.25) is 4.79 Å². The summed E-state index contributed by atoms with van der Waals surface area (Å²) in [6, 6.07) is 17.1. The molecular weight excluding hydrogens is 220 g/mol. The minimum Gasteiger partial charge on any atom is -0.300 e. The van der Waals surface area contributed by atoms with Gasteiger partial charge in [-0.2, -0.15) is 0 Å². The molecule has 2 aliphatic rings. The number of hydrogen-bond donors (Lipinski definition) is 0. The minimum absolute atomic E-state index is 0.204. The van der Waals surface area contributed by atoms with Crippen LogP contribution in [-0.4, -0.2) is 5.78 Å². The highest BCUT2D eigenvalue weighted by molar-refractivity contribution is 5.89. The van der Waals surface area contributed by atoms with Gasteiger partial charge >= 0.3 is 0 Å². The van der Waals surface area contributed by atoms with Gasteiger partial charge < -0.3 is 0 Å². The van der Waals surface area contributed by atoms with Gasteiger partial charge in [0, 0.05) is 17.8 Å². The Labute approximate surface area is 106 Å². The van der Waals surface area contributed by atoms with Crippen molar-refractivity contribution in [1.29, 1.82) is 0 Å². The summed E-state index contributed by atoms with van der Waals surface area (Å²) in [5, 5.41) is 0. The summed E-state index contributed by atoms with van der Waals surface area (Å²) in [7, 11) is 0. The van der Waals surface area contributed by atoms with Crippen molar-refractivity contribution in [3.8, 4) is 11.1 Å². The zero-order valence-corrected chi connectivity index (χ0v) is 10.3. The van der Waals surface area contributed by atoms with Gasteiger partial charge in [-0.25, -0.2) is 0 Å². The van der Waals surface area contributed by atoms with Gasteiger partial charge in [0.05, 0.1) is 0 Å². The van der Waals surface area contributed by atoms with E-state index in [1.165, 1.54) is 22.3 Å². The molecule has 2 aromatic carbocycles. The molecule has 0 N–H and O–H groups in total. The third-order valence-electron chi connectivity index (χ3n) is 4.42. The molecule has 0 aliphatic heterocycles. The Kier molecular flexibility index (Phi) is 1.86. The quantitative estimate of drug-likeness (QED) is 0.734. The monoisotopic (exact) mass is 234 g/mol. The van der Waals surface area contributed by atoms with Crippen LogP contribution in [0.3, 0.4) is 0 Å². The topological polar surface area (TPSA) is 17.1 Å². The van der Waals surface area contributed by atoms with Crippen molar-refractivity contribution in [3.63, 3.8) is 0 Å². The van der Waals surface area contributed by atoms with Gasteiger partial charge in [0.1, 0.15) is 5.78 Å². The van der Waals surface area contributed by atoms with Crippen LogP contribution in [0.1, 0.15) is 29.9 Å². The van der Waals surface area contributed by atoms with E-state index >= 15 is 0 Å². The van der Waals surface area contributed by atoms with Crippen LogP contribution in [0.2, 0.25) is 0 Å². The van der Waals surface area contributed by atoms with Crippen LogP contribution in [0.25, 0.3) is 11.1 Å². The fraction of sp³-hybridized carbons (Fsp3) is 0.235. The van der Waals surface area contributed by atoms with E-state index in [1.54, 1.807) is 6.92 Å². The van der Waals surface area contributed by atoms with Crippen LogP contribution in [-0.2, 0) is 4.79 Å². The first-order chi connectivity index (χ1) is 8.79. The van der Waals surface area contributed by atoms with E-state index in [1.807, 2.05) is 0 Å². The molecule has 1 nitrogen and oxygen atoms in total. The van der Waals surface area contributed by atoms with Crippen molar-refractivity contribution in [2.75, 3.05) is 0 Å². The molecule has 0 bridgehead atoms. The summed E-state index contributed by atoms with van der Waals surface area (Å²) in [6.07, 6.45) is 0. The average molecular weight is 234 g/mol. The van der Waals surface area contributed by atoms with Crippen LogP contribution in [0.15, 0.2) is 48.5 Å². The number of hydrogen-bond acceptors (Lipinski definition) is 1. The summed E-state index contributed by atoms with van der Waals surface area (Å²) >= 11 is 0. The maximum atomic E-state index is 11.8. The molecule has 4 rings (SSSR count). The first-order valence-electron chi connectivity index (χ1n) is 6.47. The molecular formula is C17H14O. The second-order valence-electron chi connectivity index (χ2n) is 5.36. The number of Topliss-reactive ketones (excluding diaryl/α,β-unsaturated/α-hetero) is 1. The Morgan fingerprint density at radius 2 is 1.28 bits per heavy atom. The van der Waals surface area contributed by atoms with Crippen molar-refractivity contribution in [3.05, 3.63) is 59.7 Å². The summed E-state index contributed by atoms with van der Waals surface area (Å²) in [6.45, 7) is 1.73. The van der Waals surface area contributed by atoms with Crippen LogP contribution < -0.4 is 0 Å². The summed E-state index contributed by atoms with van der Waals surface area (Å²) in [4.78, 5) is 11.8. The molecule has 18 heavy (non-hydrogen) atoms. The van der Waals surface area contributed by atoms with Crippen molar-refractivity contribution in [2.45, 2.75) is 18.8 Å². The fourth-order valence-electron chi connectivity index (χ4n) is 3.66. The summed E-state index contributed by atoms with van der Waals surface area (Å²) in [5.74, 6) is 1.38. The molecule has 1 saturated carbocycles. The second kappa shape index (κ2) is 3.32.